The number of thiazole rings is 1. The predicted octanol–water partition coefficient (Wildman–Crippen LogP) is 1.20. The number of ether oxygens (including phenoxy) is 2. The number of likely N-dealkylation sites (tertiary alicyclic amines) is 1. The van der Waals surface area contributed by atoms with Crippen LogP contribution in [0, 0.1) is 0 Å². The van der Waals surface area contributed by atoms with Crippen LogP contribution in [0.2, 0.25) is 0 Å². The summed E-state index contributed by atoms with van der Waals surface area (Å²) in [5.41, 5.74) is 3.02. The summed E-state index contributed by atoms with van der Waals surface area (Å²) in [4.78, 5) is 26.7. The number of imidazole rings is 1. The third-order valence-electron chi connectivity index (χ3n) is 7.17. The molecule has 0 aliphatic carbocycles. The van der Waals surface area contributed by atoms with Crippen LogP contribution in [0.15, 0.2) is 30.6 Å². The SMILES string of the molecule is c1ccc2c(c1)[nH]c[n+]2-c1nc(N2CCOCC2)c2nc(CN3CC(N4CCOCC4)C3)sc2n1. The van der Waals surface area contributed by atoms with Crippen LogP contribution < -0.4 is 9.47 Å². The fourth-order valence-electron chi connectivity index (χ4n) is 5.22. The molecule has 6 heterocycles. The van der Waals surface area contributed by atoms with Gasteiger partial charge in [0, 0.05) is 45.3 Å². The van der Waals surface area contributed by atoms with Crippen LogP contribution in [0.1, 0.15) is 5.01 Å². The minimum atomic E-state index is 0.641. The second-order valence-electron chi connectivity index (χ2n) is 9.36. The number of nitrogens with zero attached hydrogens (tertiary/aromatic N) is 7. The van der Waals surface area contributed by atoms with E-state index in [-0.39, 0.29) is 0 Å². The third kappa shape index (κ3) is 4.07. The van der Waals surface area contributed by atoms with Crippen molar-refractivity contribution in [1.29, 1.82) is 0 Å². The van der Waals surface area contributed by atoms with Crippen LogP contribution in [-0.2, 0) is 16.0 Å². The molecule has 0 saturated carbocycles. The van der Waals surface area contributed by atoms with Gasteiger partial charge in [0.25, 0.3) is 0 Å². The van der Waals surface area contributed by atoms with Gasteiger partial charge < -0.3 is 14.4 Å². The molecule has 0 spiro atoms. The van der Waals surface area contributed by atoms with E-state index in [1.807, 2.05) is 23.0 Å². The molecular weight excluding hydrogens is 464 g/mol. The highest BCUT2D eigenvalue weighted by Gasteiger charge is 2.33. The van der Waals surface area contributed by atoms with Gasteiger partial charge in [0.05, 0.1) is 33.0 Å². The molecule has 182 valence electrons. The third-order valence-corrected chi connectivity index (χ3v) is 8.10. The number of H-pyrrole nitrogens is 1. The predicted molar refractivity (Wildman–Crippen MR) is 133 cm³/mol. The molecule has 3 saturated heterocycles. The number of morpholine rings is 2. The lowest BCUT2D eigenvalue weighted by atomic mass is 10.1. The van der Waals surface area contributed by atoms with Gasteiger partial charge in [-0.2, -0.15) is 4.57 Å². The first-order chi connectivity index (χ1) is 17.3. The quantitative estimate of drug-likeness (QED) is 0.415. The van der Waals surface area contributed by atoms with E-state index in [1.54, 1.807) is 11.3 Å². The Labute approximate surface area is 207 Å². The molecule has 35 heavy (non-hydrogen) atoms. The summed E-state index contributed by atoms with van der Waals surface area (Å²) in [6.07, 6.45) is 1.93. The Morgan fingerprint density at radius 1 is 0.971 bits per heavy atom. The molecule has 3 aromatic heterocycles. The number of rotatable bonds is 5. The fourth-order valence-corrected chi connectivity index (χ4v) is 6.19. The van der Waals surface area contributed by atoms with Crippen molar-refractivity contribution in [1.82, 2.24) is 29.7 Å². The summed E-state index contributed by atoms with van der Waals surface area (Å²) >= 11 is 1.69. The van der Waals surface area contributed by atoms with Crippen LogP contribution in [-0.4, -0.2) is 101 Å². The lowest BCUT2D eigenvalue weighted by Crippen LogP contribution is -2.60. The van der Waals surface area contributed by atoms with E-state index in [4.69, 9.17) is 24.4 Å². The van der Waals surface area contributed by atoms with Gasteiger partial charge in [-0.3, -0.25) is 14.8 Å². The van der Waals surface area contributed by atoms with Gasteiger partial charge in [0.1, 0.15) is 16.0 Å². The molecule has 0 unspecified atom stereocenters. The highest BCUT2D eigenvalue weighted by atomic mass is 32.1. The molecule has 1 aromatic carbocycles. The van der Waals surface area contributed by atoms with Crippen molar-refractivity contribution in [3.05, 3.63) is 35.6 Å². The standard InChI is InChI=1S/C24H28N8O2S/c1-2-4-19-18(3-1)25-16-32(19)24-27-22(31-7-11-34-12-8-31)21-23(28-24)35-20(26-21)15-29-13-17(14-29)30-5-9-33-10-6-30/h1-4,16-17H,5-15H2/p+1. The van der Waals surface area contributed by atoms with Gasteiger partial charge in [-0.05, 0) is 12.1 Å². The molecule has 0 atom stereocenters. The highest BCUT2D eigenvalue weighted by Crippen LogP contribution is 2.30. The molecule has 3 aliphatic heterocycles. The first-order valence-corrected chi connectivity index (χ1v) is 13.2. The maximum Gasteiger partial charge on any atom is 0.393 e. The van der Waals surface area contributed by atoms with Gasteiger partial charge in [-0.15, -0.1) is 0 Å². The Morgan fingerprint density at radius 3 is 2.57 bits per heavy atom. The molecule has 7 rings (SSSR count). The number of hydrogen-bond acceptors (Lipinski definition) is 9. The largest absolute Gasteiger partial charge is 0.393 e. The molecule has 0 bridgehead atoms. The zero-order valence-corrected chi connectivity index (χ0v) is 20.4. The minimum Gasteiger partial charge on any atom is -0.379 e. The summed E-state index contributed by atoms with van der Waals surface area (Å²) in [6.45, 7) is 9.88. The second-order valence-corrected chi connectivity index (χ2v) is 10.4. The van der Waals surface area contributed by atoms with E-state index in [9.17, 15) is 0 Å². The van der Waals surface area contributed by atoms with E-state index in [0.717, 1.165) is 91.2 Å². The lowest BCUT2D eigenvalue weighted by Gasteiger charge is -2.46. The van der Waals surface area contributed by atoms with Crippen molar-refractivity contribution < 1.29 is 14.0 Å². The number of para-hydroxylation sites is 2. The normalized spacial score (nSPS) is 20.6. The number of nitrogens with one attached hydrogen (secondary N) is 1. The Bertz CT molecular complexity index is 1340. The summed E-state index contributed by atoms with van der Waals surface area (Å²) < 4.78 is 13.1. The van der Waals surface area contributed by atoms with Gasteiger partial charge >= 0.3 is 5.95 Å². The molecule has 4 aromatic rings. The molecule has 3 fully saturated rings. The maximum atomic E-state index is 5.60. The van der Waals surface area contributed by atoms with Crippen molar-refractivity contribution >= 4 is 38.5 Å². The molecule has 0 amide bonds. The van der Waals surface area contributed by atoms with Gasteiger partial charge in [-0.1, -0.05) is 33.4 Å². The zero-order valence-electron chi connectivity index (χ0n) is 19.6. The van der Waals surface area contributed by atoms with E-state index < -0.39 is 0 Å². The van der Waals surface area contributed by atoms with E-state index in [2.05, 4.69) is 31.8 Å². The van der Waals surface area contributed by atoms with E-state index in [0.29, 0.717) is 25.2 Å². The number of anilines is 1. The van der Waals surface area contributed by atoms with Crippen LogP contribution in [0.4, 0.5) is 5.82 Å². The van der Waals surface area contributed by atoms with Crippen LogP contribution in [0.5, 0.6) is 0 Å². The maximum absolute atomic E-state index is 5.60. The second kappa shape index (κ2) is 9.07. The highest BCUT2D eigenvalue weighted by molar-refractivity contribution is 7.18. The van der Waals surface area contributed by atoms with Crippen molar-refractivity contribution in [3.63, 3.8) is 0 Å². The number of benzene rings is 1. The summed E-state index contributed by atoms with van der Waals surface area (Å²) in [7, 11) is 0. The molecule has 3 aliphatic rings. The monoisotopic (exact) mass is 493 g/mol. The van der Waals surface area contributed by atoms with Crippen LogP contribution in [0.3, 0.4) is 0 Å². The summed E-state index contributed by atoms with van der Waals surface area (Å²) in [6, 6.07) is 8.86. The van der Waals surface area contributed by atoms with E-state index in [1.165, 1.54) is 0 Å². The van der Waals surface area contributed by atoms with Crippen molar-refractivity contribution in [2.45, 2.75) is 12.6 Å². The Balaban J connectivity index is 1.20. The summed E-state index contributed by atoms with van der Waals surface area (Å²) in [5, 5.41) is 1.10. The molecular formula is C24H29N8O2S+. The molecule has 11 heteroatoms. The Kier molecular flexibility index (Phi) is 5.59. The molecule has 10 nitrogen and oxygen atoms in total. The number of fused-ring (bicyclic) bond motifs is 2. The minimum absolute atomic E-state index is 0.641. The van der Waals surface area contributed by atoms with Gasteiger partial charge in [0.2, 0.25) is 10.6 Å². The van der Waals surface area contributed by atoms with Gasteiger partial charge in [-0.25, -0.2) is 4.98 Å². The van der Waals surface area contributed by atoms with Crippen molar-refractivity contribution in [3.8, 4) is 5.95 Å². The Hall–Kier alpha value is -2.70. The number of aromatic amines is 1. The van der Waals surface area contributed by atoms with Crippen molar-refractivity contribution in [2.24, 2.45) is 0 Å². The fraction of sp³-hybridized carbons (Fsp3) is 0.500. The Morgan fingerprint density at radius 2 is 1.74 bits per heavy atom. The lowest BCUT2D eigenvalue weighted by molar-refractivity contribution is -0.575. The van der Waals surface area contributed by atoms with Crippen LogP contribution in [0.25, 0.3) is 27.3 Å². The number of aromatic nitrogens is 5. The summed E-state index contributed by atoms with van der Waals surface area (Å²) in [5.74, 6) is 1.58. The first-order valence-electron chi connectivity index (χ1n) is 12.3. The smallest absolute Gasteiger partial charge is 0.379 e. The molecule has 1 N–H and O–H groups in total. The van der Waals surface area contributed by atoms with Crippen LogP contribution >= 0.6 is 11.3 Å². The van der Waals surface area contributed by atoms with E-state index >= 15 is 0 Å². The topological polar surface area (TPSA) is 86.5 Å². The first kappa shape index (κ1) is 21.6. The average Bonchev–Trinajstić information content (AvgIpc) is 3.50. The average molecular weight is 494 g/mol. The van der Waals surface area contributed by atoms with Gasteiger partial charge in [0.15, 0.2) is 11.8 Å². The van der Waals surface area contributed by atoms with Crippen molar-refractivity contribution in [2.75, 3.05) is 70.6 Å². The molecule has 0 radical (unpaired) electrons. The zero-order chi connectivity index (χ0) is 23.2. The number of hydrogen-bond donors (Lipinski definition) is 1.